The summed E-state index contributed by atoms with van der Waals surface area (Å²) < 4.78 is 10.6. The van der Waals surface area contributed by atoms with Gasteiger partial charge in [0.1, 0.15) is 6.04 Å². The summed E-state index contributed by atoms with van der Waals surface area (Å²) in [6.07, 6.45) is 1.36. The summed E-state index contributed by atoms with van der Waals surface area (Å²) in [4.78, 5) is 16.6. The molecule has 1 aliphatic rings. The lowest BCUT2D eigenvalue weighted by atomic mass is 10.1. The highest BCUT2D eigenvalue weighted by Gasteiger charge is 2.28. The molecule has 1 saturated heterocycles. The van der Waals surface area contributed by atoms with Crippen molar-refractivity contribution in [2.75, 3.05) is 19.8 Å². The van der Waals surface area contributed by atoms with Crippen LogP contribution in [0.5, 0.6) is 0 Å². The molecule has 1 unspecified atom stereocenters. The molecule has 0 aliphatic carbocycles. The Morgan fingerprint density at radius 3 is 3.14 bits per heavy atom. The maximum absolute atomic E-state index is 10.8. The van der Waals surface area contributed by atoms with Crippen molar-refractivity contribution in [3.05, 3.63) is 52.2 Å². The van der Waals surface area contributed by atoms with Crippen LogP contribution >= 0.6 is 0 Å². The average molecular weight is 290 g/mol. The fraction of sp³-hybridized carbons (Fsp3) is 0.385. The largest absolute Gasteiger partial charge is 0.378 e. The van der Waals surface area contributed by atoms with Gasteiger partial charge >= 0.3 is 0 Å². The summed E-state index contributed by atoms with van der Waals surface area (Å²) in [6, 6.07) is 6.50. The highest BCUT2D eigenvalue weighted by Crippen LogP contribution is 2.25. The van der Waals surface area contributed by atoms with Gasteiger partial charge in [0.05, 0.1) is 18.1 Å². The third kappa shape index (κ3) is 3.06. The van der Waals surface area contributed by atoms with Crippen LogP contribution < -0.4 is 0 Å². The Morgan fingerprint density at radius 2 is 2.38 bits per heavy atom. The fourth-order valence-electron chi connectivity index (χ4n) is 2.39. The van der Waals surface area contributed by atoms with Gasteiger partial charge in [0.2, 0.25) is 5.89 Å². The third-order valence-corrected chi connectivity index (χ3v) is 3.41. The van der Waals surface area contributed by atoms with E-state index in [0.717, 1.165) is 5.56 Å². The number of non-ortho nitro benzene ring substituents is 1. The molecule has 0 saturated carbocycles. The van der Waals surface area contributed by atoms with E-state index in [4.69, 9.17) is 9.26 Å². The number of rotatable bonds is 4. The summed E-state index contributed by atoms with van der Waals surface area (Å²) in [5.74, 6) is 0.500. The van der Waals surface area contributed by atoms with Crippen LogP contribution in [0.25, 0.3) is 0 Å². The van der Waals surface area contributed by atoms with Crippen molar-refractivity contribution in [2.45, 2.75) is 12.6 Å². The Balaban J connectivity index is 1.78. The first-order valence-corrected chi connectivity index (χ1v) is 6.56. The van der Waals surface area contributed by atoms with Gasteiger partial charge in [-0.25, -0.2) is 0 Å². The molecule has 2 aromatic rings. The second kappa shape index (κ2) is 5.98. The van der Waals surface area contributed by atoms with Crippen LogP contribution in [0.1, 0.15) is 17.5 Å². The number of aromatic nitrogens is 2. The molecule has 8 nitrogen and oxygen atoms in total. The highest BCUT2D eigenvalue weighted by atomic mass is 16.6. The molecule has 21 heavy (non-hydrogen) atoms. The van der Waals surface area contributed by atoms with E-state index in [9.17, 15) is 10.1 Å². The second-order valence-electron chi connectivity index (χ2n) is 4.77. The first-order valence-electron chi connectivity index (χ1n) is 6.56. The van der Waals surface area contributed by atoms with Crippen molar-refractivity contribution in [3.63, 3.8) is 0 Å². The molecular formula is C13H14N4O4. The maximum Gasteiger partial charge on any atom is 0.269 e. The Hall–Kier alpha value is -2.32. The van der Waals surface area contributed by atoms with Gasteiger partial charge in [0, 0.05) is 25.2 Å². The number of hydrogen-bond donors (Lipinski definition) is 0. The van der Waals surface area contributed by atoms with Crippen LogP contribution in [0.3, 0.4) is 0 Å². The standard InChI is InChI=1S/C13H14N4O4/c18-17(19)11-3-1-2-10(6-11)7-16-4-5-20-8-12(16)13-14-9-15-21-13/h1-3,6,9,12H,4-5,7-8H2. The van der Waals surface area contributed by atoms with Crippen molar-refractivity contribution in [3.8, 4) is 0 Å². The smallest absolute Gasteiger partial charge is 0.269 e. The van der Waals surface area contributed by atoms with Crippen molar-refractivity contribution >= 4 is 5.69 Å². The Morgan fingerprint density at radius 1 is 1.48 bits per heavy atom. The number of ether oxygens (including phenoxy) is 1. The van der Waals surface area contributed by atoms with Crippen LogP contribution in [0.15, 0.2) is 35.1 Å². The molecule has 0 amide bonds. The molecule has 0 bridgehead atoms. The molecular weight excluding hydrogens is 276 g/mol. The van der Waals surface area contributed by atoms with Gasteiger partial charge in [-0.2, -0.15) is 4.98 Å². The molecule has 1 atom stereocenters. The van der Waals surface area contributed by atoms with Crippen LogP contribution in [-0.2, 0) is 11.3 Å². The lowest BCUT2D eigenvalue weighted by Gasteiger charge is -2.33. The zero-order valence-electron chi connectivity index (χ0n) is 11.2. The predicted molar refractivity (Wildman–Crippen MR) is 71.4 cm³/mol. The van der Waals surface area contributed by atoms with Crippen molar-refractivity contribution in [2.24, 2.45) is 0 Å². The van der Waals surface area contributed by atoms with Crippen LogP contribution in [-0.4, -0.2) is 39.7 Å². The van der Waals surface area contributed by atoms with E-state index in [0.29, 0.717) is 32.2 Å². The summed E-state index contributed by atoms with van der Waals surface area (Å²) in [5.41, 5.74) is 0.964. The summed E-state index contributed by atoms with van der Waals surface area (Å²) in [5, 5.41) is 14.5. The minimum absolute atomic E-state index is 0.0927. The maximum atomic E-state index is 10.8. The lowest BCUT2D eigenvalue weighted by molar-refractivity contribution is -0.384. The first kappa shape index (κ1) is 13.7. The van der Waals surface area contributed by atoms with E-state index in [1.165, 1.54) is 12.4 Å². The predicted octanol–water partition coefficient (Wildman–Crippen LogP) is 1.55. The minimum Gasteiger partial charge on any atom is -0.378 e. The topological polar surface area (TPSA) is 94.5 Å². The van der Waals surface area contributed by atoms with E-state index < -0.39 is 4.92 Å². The highest BCUT2D eigenvalue weighted by molar-refractivity contribution is 5.34. The molecule has 1 fully saturated rings. The number of hydrogen-bond acceptors (Lipinski definition) is 7. The molecule has 0 N–H and O–H groups in total. The summed E-state index contributed by atoms with van der Waals surface area (Å²) >= 11 is 0. The zero-order chi connectivity index (χ0) is 14.7. The van der Waals surface area contributed by atoms with Gasteiger partial charge in [0.25, 0.3) is 5.69 Å². The van der Waals surface area contributed by atoms with E-state index in [1.807, 2.05) is 6.07 Å². The van der Waals surface area contributed by atoms with Crippen LogP contribution in [0.2, 0.25) is 0 Å². The van der Waals surface area contributed by atoms with Crippen LogP contribution in [0.4, 0.5) is 5.69 Å². The monoisotopic (exact) mass is 290 g/mol. The number of benzene rings is 1. The molecule has 3 rings (SSSR count). The Labute approximate surface area is 120 Å². The Bertz CT molecular complexity index is 616. The fourth-order valence-corrected chi connectivity index (χ4v) is 2.39. The van der Waals surface area contributed by atoms with E-state index in [2.05, 4.69) is 15.0 Å². The first-order chi connectivity index (χ1) is 10.2. The second-order valence-corrected chi connectivity index (χ2v) is 4.77. The minimum atomic E-state index is -0.391. The molecule has 1 aromatic heterocycles. The van der Waals surface area contributed by atoms with Gasteiger partial charge in [-0.1, -0.05) is 17.3 Å². The van der Waals surface area contributed by atoms with Gasteiger partial charge in [-0.3, -0.25) is 15.0 Å². The number of morpholine rings is 1. The molecule has 2 heterocycles. The quantitative estimate of drug-likeness (QED) is 0.622. The number of nitro groups is 1. The van der Waals surface area contributed by atoms with Crippen LogP contribution in [0, 0.1) is 10.1 Å². The average Bonchev–Trinajstić information content (AvgIpc) is 3.02. The van der Waals surface area contributed by atoms with E-state index in [-0.39, 0.29) is 11.7 Å². The molecule has 1 aliphatic heterocycles. The number of nitrogens with zero attached hydrogens (tertiary/aromatic N) is 4. The molecule has 8 heteroatoms. The zero-order valence-corrected chi connectivity index (χ0v) is 11.2. The van der Waals surface area contributed by atoms with Gasteiger partial charge in [-0.15, -0.1) is 0 Å². The van der Waals surface area contributed by atoms with E-state index in [1.54, 1.807) is 12.1 Å². The van der Waals surface area contributed by atoms with Gasteiger partial charge in [0.15, 0.2) is 6.33 Å². The molecule has 1 aromatic carbocycles. The summed E-state index contributed by atoms with van der Waals surface area (Å²) in [7, 11) is 0. The molecule has 110 valence electrons. The normalized spacial score (nSPS) is 19.5. The summed E-state index contributed by atoms with van der Waals surface area (Å²) in [6.45, 7) is 2.35. The van der Waals surface area contributed by atoms with Crippen molar-refractivity contribution in [1.82, 2.24) is 15.0 Å². The number of nitro benzene ring substituents is 1. The third-order valence-electron chi connectivity index (χ3n) is 3.41. The van der Waals surface area contributed by atoms with Crippen molar-refractivity contribution in [1.29, 1.82) is 0 Å². The molecule has 0 radical (unpaired) electrons. The Kier molecular flexibility index (Phi) is 3.89. The molecule has 0 spiro atoms. The van der Waals surface area contributed by atoms with Gasteiger partial charge < -0.3 is 9.26 Å². The lowest BCUT2D eigenvalue weighted by Crippen LogP contribution is -2.39. The van der Waals surface area contributed by atoms with E-state index >= 15 is 0 Å². The van der Waals surface area contributed by atoms with Crippen molar-refractivity contribution < 1.29 is 14.2 Å². The SMILES string of the molecule is O=[N+]([O-])c1cccc(CN2CCOCC2c2ncno2)c1. The van der Waals surface area contributed by atoms with Gasteiger partial charge in [-0.05, 0) is 5.56 Å².